The molecule has 0 radical (unpaired) electrons. The van der Waals surface area contributed by atoms with E-state index in [-0.39, 0.29) is 23.5 Å². The average Bonchev–Trinajstić information content (AvgIpc) is 2.80. The monoisotopic (exact) mass is 295 g/mol. The van der Waals surface area contributed by atoms with Crippen LogP contribution in [0.5, 0.6) is 0 Å². The van der Waals surface area contributed by atoms with E-state index < -0.39 is 9.84 Å². The molecule has 1 atom stereocenters. The summed E-state index contributed by atoms with van der Waals surface area (Å²) in [5.74, 6) is 0.249. The highest BCUT2D eigenvalue weighted by Gasteiger charge is 2.34. The van der Waals surface area contributed by atoms with Crippen LogP contribution >= 0.6 is 0 Å². The minimum Gasteiger partial charge on any atom is -0.335 e. The standard InChI is InChI=1S/C15H21NO3S/c1-2-3-10-16(14-9-11-20(18,19)12-14)15(17)13-7-5-4-6-8-13/h4-8,14H,2-3,9-12H2,1H3/t14-/m0/s1. The van der Waals surface area contributed by atoms with Gasteiger partial charge in [0, 0.05) is 18.2 Å². The number of carbonyl (C=O) groups excluding carboxylic acids is 1. The van der Waals surface area contributed by atoms with Crippen molar-refractivity contribution < 1.29 is 13.2 Å². The molecule has 0 N–H and O–H groups in total. The van der Waals surface area contributed by atoms with Gasteiger partial charge in [0.2, 0.25) is 0 Å². The van der Waals surface area contributed by atoms with Crippen molar-refractivity contribution in [3.63, 3.8) is 0 Å². The summed E-state index contributed by atoms with van der Waals surface area (Å²) in [4.78, 5) is 14.3. The SMILES string of the molecule is CCCCN(C(=O)c1ccccc1)[C@H]1CCS(=O)(=O)C1. The van der Waals surface area contributed by atoms with Gasteiger partial charge in [0.15, 0.2) is 9.84 Å². The summed E-state index contributed by atoms with van der Waals surface area (Å²) < 4.78 is 23.3. The third-order valence-electron chi connectivity index (χ3n) is 3.68. The highest BCUT2D eigenvalue weighted by Crippen LogP contribution is 2.20. The molecule has 1 amide bonds. The Bertz CT molecular complexity index is 554. The first kappa shape index (κ1) is 15.0. The molecule has 1 saturated heterocycles. The Labute approximate surface area is 120 Å². The lowest BCUT2D eigenvalue weighted by Crippen LogP contribution is -2.41. The summed E-state index contributed by atoms with van der Waals surface area (Å²) in [5.41, 5.74) is 0.632. The summed E-state index contributed by atoms with van der Waals surface area (Å²) in [5, 5.41) is 0. The Morgan fingerprint density at radius 2 is 2.00 bits per heavy atom. The minimum absolute atomic E-state index is 0.0545. The van der Waals surface area contributed by atoms with Crippen molar-refractivity contribution in [2.75, 3.05) is 18.1 Å². The average molecular weight is 295 g/mol. The number of nitrogens with zero attached hydrogens (tertiary/aromatic N) is 1. The molecule has 0 aliphatic carbocycles. The predicted molar refractivity (Wildman–Crippen MR) is 79.4 cm³/mol. The van der Waals surface area contributed by atoms with Crippen LogP contribution in [-0.2, 0) is 9.84 Å². The Morgan fingerprint density at radius 3 is 2.55 bits per heavy atom. The Kier molecular flexibility index (Phi) is 4.81. The second kappa shape index (κ2) is 6.39. The summed E-state index contributed by atoms with van der Waals surface area (Å²) in [6, 6.07) is 8.93. The maximum Gasteiger partial charge on any atom is 0.254 e. The fourth-order valence-electron chi connectivity index (χ4n) is 2.55. The van der Waals surface area contributed by atoms with E-state index in [9.17, 15) is 13.2 Å². The molecule has 1 aromatic carbocycles. The molecule has 1 heterocycles. The molecule has 1 fully saturated rings. The lowest BCUT2D eigenvalue weighted by molar-refractivity contribution is 0.0694. The molecule has 2 rings (SSSR count). The van der Waals surface area contributed by atoms with E-state index in [0.717, 1.165) is 12.8 Å². The van der Waals surface area contributed by atoms with Gasteiger partial charge >= 0.3 is 0 Å². The zero-order chi connectivity index (χ0) is 14.6. The van der Waals surface area contributed by atoms with Gasteiger partial charge in [-0.15, -0.1) is 0 Å². The molecule has 1 aromatic rings. The molecule has 20 heavy (non-hydrogen) atoms. The van der Waals surface area contributed by atoms with Gasteiger partial charge in [0.05, 0.1) is 11.5 Å². The molecule has 0 unspecified atom stereocenters. The fourth-order valence-corrected chi connectivity index (χ4v) is 4.28. The smallest absolute Gasteiger partial charge is 0.254 e. The fraction of sp³-hybridized carbons (Fsp3) is 0.533. The zero-order valence-electron chi connectivity index (χ0n) is 11.8. The van der Waals surface area contributed by atoms with Crippen molar-refractivity contribution in [1.82, 2.24) is 4.90 Å². The van der Waals surface area contributed by atoms with Crippen LogP contribution in [-0.4, -0.2) is 43.3 Å². The van der Waals surface area contributed by atoms with Gasteiger partial charge in [-0.05, 0) is 25.0 Å². The van der Waals surface area contributed by atoms with E-state index in [1.54, 1.807) is 17.0 Å². The molecular formula is C15H21NO3S. The van der Waals surface area contributed by atoms with Gasteiger partial charge in [-0.1, -0.05) is 31.5 Å². The third-order valence-corrected chi connectivity index (χ3v) is 5.43. The van der Waals surface area contributed by atoms with Crippen molar-refractivity contribution in [3.05, 3.63) is 35.9 Å². The number of hydrogen-bond donors (Lipinski definition) is 0. The molecule has 5 heteroatoms. The number of hydrogen-bond acceptors (Lipinski definition) is 3. The van der Waals surface area contributed by atoms with Gasteiger partial charge in [0.25, 0.3) is 5.91 Å². The van der Waals surface area contributed by atoms with Gasteiger partial charge in [-0.3, -0.25) is 4.79 Å². The summed E-state index contributed by atoms with van der Waals surface area (Å²) >= 11 is 0. The Hall–Kier alpha value is -1.36. The molecule has 0 aromatic heterocycles. The quantitative estimate of drug-likeness (QED) is 0.836. The highest BCUT2D eigenvalue weighted by molar-refractivity contribution is 7.91. The number of unbranched alkanes of at least 4 members (excludes halogenated alkanes) is 1. The van der Waals surface area contributed by atoms with E-state index in [1.807, 2.05) is 18.2 Å². The molecule has 1 aliphatic rings. The lowest BCUT2D eigenvalue weighted by atomic mass is 10.1. The lowest BCUT2D eigenvalue weighted by Gasteiger charge is -2.28. The first-order chi connectivity index (χ1) is 9.53. The minimum atomic E-state index is -2.98. The van der Waals surface area contributed by atoms with Crippen molar-refractivity contribution in [3.8, 4) is 0 Å². The molecule has 4 nitrogen and oxygen atoms in total. The first-order valence-electron chi connectivity index (χ1n) is 7.10. The van der Waals surface area contributed by atoms with Crippen LogP contribution in [0, 0.1) is 0 Å². The van der Waals surface area contributed by atoms with Gasteiger partial charge in [-0.2, -0.15) is 0 Å². The Morgan fingerprint density at radius 1 is 1.30 bits per heavy atom. The van der Waals surface area contributed by atoms with Crippen molar-refractivity contribution in [2.45, 2.75) is 32.2 Å². The molecule has 0 saturated carbocycles. The number of amides is 1. The van der Waals surface area contributed by atoms with E-state index in [2.05, 4.69) is 6.92 Å². The van der Waals surface area contributed by atoms with E-state index in [1.165, 1.54) is 0 Å². The maximum atomic E-state index is 12.6. The highest BCUT2D eigenvalue weighted by atomic mass is 32.2. The van der Waals surface area contributed by atoms with E-state index in [0.29, 0.717) is 18.5 Å². The van der Waals surface area contributed by atoms with Crippen LogP contribution in [0.25, 0.3) is 0 Å². The van der Waals surface area contributed by atoms with Crippen LogP contribution in [0.15, 0.2) is 30.3 Å². The topological polar surface area (TPSA) is 54.5 Å². The van der Waals surface area contributed by atoms with E-state index in [4.69, 9.17) is 0 Å². The number of benzene rings is 1. The van der Waals surface area contributed by atoms with Crippen molar-refractivity contribution in [1.29, 1.82) is 0 Å². The van der Waals surface area contributed by atoms with Crippen molar-refractivity contribution >= 4 is 15.7 Å². The summed E-state index contributed by atoms with van der Waals surface area (Å²) in [6.07, 6.45) is 2.44. The van der Waals surface area contributed by atoms with Gasteiger partial charge < -0.3 is 4.90 Å². The van der Waals surface area contributed by atoms with Crippen LogP contribution in [0.3, 0.4) is 0 Å². The second-order valence-corrected chi connectivity index (χ2v) is 7.50. The molecule has 0 spiro atoms. The van der Waals surface area contributed by atoms with E-state index >= 15 is 0 Å². The predicted octanol–water partition coefficient (Wildman–Crippen LogP) is 2.12. The molecular weight excluding hydrogens is 274 g/mol. The Balaban J connectivity index is 2.17. The maximum absolute atomic E-state index is 12.6. The van der Waals surface area contributed by atoms with Gasteiger partial charge in [-0.25, -0.2) is 8.42 Å². The van der Waals surface area contributed by atoms with Crippen LogP contribution in [0.1, 0.15) is 36.5 Å². The molecule has 110 valence electrons. The second-order valence-electron chi connectivity index (χ2n) is 5.27. The molecule has 0 bridgehead atoms. The summed E-state index contributed by atoms with van der Waals surface area (Å²) in [6.45, 7) is 2.70. The molecule has 1 aliphatic heterocycles. The number of carbonyl (C=O) groups is 1. The number of sulfone groups is 1. The van der Waals surface area contributed by atoms with Crippen molar-refractivity contribution in [2.24, 2.45) is 0 Å². The van der Waals surface area contributed by atoms with Gasteiger partial charge in [0.1, 0.15) is 0 Å². The first-order valence-corrected chi connectivity index (χ1v) is 8.92. The largest absolute Gasteiger partial charge is 0.335 e. The third kappa shape index (κ3) is 3.60. The normalized spacial score (nSPS) is 20.8. The number of rotatable bonds is 5. The zero-order valence-corrected chi connectivity index (χ0v) is 12.6. The van der Waals surface area contributed by atoms with Crippen LogP contribution in [0.2, 0.25) is 0 Å². The van der Waals surface area contributed by atoms with Crippen LogP contribution < -0.4 is 0 Å². The van der Waals surface area contributed by atoms with Crippen LogP contribution in [0.4, 0.5) is 0 Å². The summed E-state index contributed by atoms with van der Waals surface area (Å²) in [7, 11) is -2.98.